The maximum Gasteiger partial charge on any atom is 0.317 e. The summed E-state index contributed by atoms with van der Waals surface area (Å²) >= 11 is 0. The van der Waals surface area contributed by atoms with Crippen LogP contribution >= 0.6 is 0 Å². The molecule has 1 aliphatic rings. The Kier molecular flexibility index (Phi) is 3.80. The van der Waals surface area contributed by atoms with Gasteiger partial charge in [0, 0.05) is 66.0 Å². The molecule has 24 heavy (non-hydrogen) atoms. The van der Waals surface area contributed by atoms with Crippen molar-refractivity contribution in [2.45, 2.75) is 25.7 Å². The van der Waals surface area contributed by atoms with E-state index in [0.29, 0.717) is 12.5 Å². The highest BCUT2D eigenvalue weighted by molar-refractivity contribution is 6.05. The van der Waals surface area contributed by atoms with Gasteiger partial charge in [-0.05, 0) is 31.9 Å². The molecule has 2 N–H and O–H groups in total. The normalized spacial score (nSPS) is 18.2. The number of urea groups is 1. The second-order valence-electron chi connectivity index (χ2n) is 6.28. The number of aromatic nitrogens is 3. The first kappa shape index (κ1) is 14.9. The van der Waals surface area contributed by atoms with Crippen molar-refractivity contribution in [2.75, 3.05) is 19.6 Å². The lowest BCUT2D eigenvalue weighted by atomic mass is 9.91. The Morgan fingerprint density at radius 2 is 2.33 bits per heavy atom. The number of rotatable bonds is 2. The molecule has 1 atom stereocenters. The van der Waals surface area contributed by atoms with Crippen LogP contribution in [0, 0.1) is 0 Å². The van der Waals surface area contributed by atoms with E-state index in [9.17, 15) is 4.79 Å². The quantitative estimate of drug-likeness (QED) is 0.761. The Morgan fingerprint density at radius 3 is 3.21 bits per heavy atom. The van der Waals surface area contributed by atoms with E-state index in [1.807, 2.05) is 36.4 Å². The topological polar surface area (TPSA) is 73.9 Å². The number of hydrogen-bond donors (Lipinski definition) is 2. The van der Waals surface area contributed by atoms with Gasteiger partial charge in [0.2, 0.25) is 0 Å². The third kappa shape index (κ3) is 2.48. The van der Waals surface area contributed by atoms with Crippen LogP contribution in [0.2, 0.25) is 0 Å². The molecule has 4 heterocycles. The van der Waals surface area contributed by atoms with E-state index in [-0.39, 0.29) is 6.03 Å². The number of likely N-dealkylation sites (tertiary alicyclic amines) is 1. The summed E-state index contributed by atoms with van der Waals surface area (Å²) in [4.78, 5) is 26.3. The van der Waals surface area contributed by atoms with Gasteiger partial charge in [0.25, 0.3) is 0 Å². The smallest absolute Gasteiger partial charge is 0.317 e. The fraction of sp³-hybridized carbons (Fsp3) is 0.389. The van der Waals surface area contributed by atoms with Gasteiger partial charge in [0.15, 0.2) is 5.65 Å². The molecule has 0 bridgehead atoms. The van der Waals surface area contributed by atoms with E-state index in [2.05, 4.69) is 20.3 Å². The molecule has 0 radical (unpaired) electrons. The zero-order valence-electron chi connectivity index (χ0n) is 13.7. The first-order valence-corrected chi connectivity index (χ1v) is 8.51. The van der Waals surface area contributed by atoms with Crippen molar-refractivity contribution in [3.05, 3.63) is 36.4 Å². The number of nitrogens with one attached hydrogen (secondary N) is 2. The molecule has 4 rings (SSSR count). The summed E-state index contributed by atoms with van der Waals surface area (Å²) < 4.78 is 0. The molecule has 2 amide bonds. The number of pyridine rings is 2. The van der Waals surface area contributed by atoms with Crippen LogP contribution in [0.3, 0.4) is 0 Å². The van der Waals surface area contributed by atoms with Crippen molar-refractivity contribution in [1.29, 1.82) is 0 Å². The second kappa shape index (κ2) is 6.11. The number of piperidine rings is 1. The minimum absolute atomic E-state index is 0.0317. The Morgan fingerprint density at radius 1 is 1.42 bits per heavy atom. The van der Waals surface area contributed by atoms with Crippen molar-refractivity contribution in [3.63, 3.8) is 0 Å². The van der Waals surface area contributed by atoms with Gasteiger partial charge < -0.3 is 15.2 Å². The molecule has 1 fully saturated rings. The monoisotopic (exact) mass is 323 g/mol. The summed E-state index contributed by atoms with van der Waals surface area (Å²) in [6.07, 6.45) is 7.73. The van der Waals surface area contributed by atoms with Crippen LogP contribution in [0.25, 0.3) is 21.8 Å². The van der Waals surface area contributed by atoms with Crippen LogP contribution < -0.4 is 5.32 Å². The first-order chi connectivity index (χ1) is 11.8. The van der Waals surface area contributed by atoms with Crippen molar-refractivity contribution in [3.8, 4) is 0 Å². The number of hydrogen-bond acceptors (Lipinski definition) is 3. The fourth-order valence-electron chi connectivity index (χ4n) is 3.68. The lowest BCUT2D eigenvalue weighted by Gasteiger charge is -2.33. The van der Waals surface area contributed by atoms with E-state index in [1.165, 1.54) is 11.1 Å². The maximum atomic E-state index is 12.2. The van der Waals surface area contributed by atoms with E-state index >= 15 is 0 Å². The molecule has 124 valence electrons. The van der Waals surface area contributed by atoms with Gasteiger partial charge in [-0.1, -0.05) is 0 Å². The fourth-order valence-corrected chi connectivity index (χ4v) is 3.68. The van der Waals surface area contributed by atoms with Crippen molar-refractivity contribution in [2.24, 2.45) is 0 Å². The molecule has 0 saturated carbocycles. The number of carbonyl (C=O) groups excluding carboxylic acids is 1. The molecule has 1 saturated heterocycles. The highest BCUT2D eigenvalue weighted by atomic mass is 16.2. The zero-order chi connectivity index (χ0) is 16.5. The van der Waals surface area contributed by atoms with Crippen LogP contribution in [-0.4, -0.2) is 45.5 Å². The number of fused-ring (bicyclic) bond motifs is 3. The lowest BCUT2D eigenvalue weighted by molar-refractivity contribution is 0.180. The molecule has 0 aromatic carbocycles. The average Bonchev–Trinajstić information content (AvgIpc) is 3.10. The standard InChI is InChI=1S/C18H21N5O/c1-2-19-18(24)23-9-3-4-13(11-23)16-15-12(5-7-20-16)10-22-17-14(15)6-8-21-17/h5-8,10,13,20H,2-4,9,11H2,1H3,(H,19,24). The van der Waals surface area contributed by atoms with Crippen LogP contribution in [0.1, 0.15) is 31.4 Å². The van der Waals surface area contributed by atoms with Crippen molar-refractivity contribution >= 4 is 27.8 Å². The molecule has 3 aromatic rings. The van der Waals surface area contributed by atoms with Crippen LogP contribution in [0.15, 0.2) is 30.7 Å². The predicted molar refractivity (Wildman–Crippen MR) is 94.0 cm³/mol. The average molecular weight is 323 g/mol. The van der Waals surface area contributed by atoms with E-state index < -0.39 is 0 Å². The minimum atomic E-state index is 0.0317. The highest BCUT2D eigenvalue weighted by Gasteiger charge is 2.26. The molecule has 3 aromatic heterocycles. The van der Waals surface area contributed by atoms with Gasteiger partial charge in [-0.3, -0.25) is 0 Å². The maximum absolute atomic E-state index is 12.2. The van der Waals surface area contributed by atoms with E-state index in [1.54, 1.807) is 6.20 Å². The van der Waals surface area contributed by atoms with Crippen molar-refractivity contribution in [1.82, 2.24) is 25.2 Å². The third-order valence-corrected chi connectivity index (χ3v) is 4.78. The summed E-state index contributed by atoms with van der Waals surface area (Å²) in [5, 5.41) is 6.28. The van der Waals surface area contributed by atoms with Crippen molar-refractivity contribution < 1.29 is 4.79 Å². The summed E-state index contributed by atoms with van der Waals surface area (Å²) in [7, 11) is 0. The molecule has 0 aliphatic carbocycles. The second-order valence-corrected chi connectivity index (χ2v) is 6.28. The zero-order valence-corrected chi connectivity index (χ0v) is 13.7. The first-order valence-electron chi connectivity index (χ1n) is 8.51. The molecular formula is C18H21N5O. The molecule has 1 aliphatic heterocycles. The summed E-state index contributed by atoms with van der Waals surface area (Å²) in [6, 6.07) is 4.10. The summed E-state index contributed by atoms with van der Waals surface area (Å²) in [5.74, 6) is 0.297. The largest absolute Gasteiger partial charge is 0.364 e. The Balaban J connectivity index is 1.75. The molecule has 0 spiro atoms. The number of aromatic amines is 1. The minimum Gasteiger partial charge on any atom is -0.364 e. The Hall–Kier alpha value is -2.63. The van der Waals surface area contributed by atoms with Gasteiger partial charge in [-0.25, -0.2) is 14.8 Å². The predicted octanol–water partition coefficient (Wildman–Crippen LogP) is 3.02. The van der Waals surface area contributed by atoms with Gasteiger partial charge in [-0.15, -0.1) is 0 Å². The SMILES string of the molecule is CCNC(=O)N1CCCC(c2[nH]ccc3cnc4nccc4c23)C1. The van der Waals surface area contributed by atoms with Crippen LogP contribution in [0.5, 0.6) is 0 Å². The van der Waals surface area contributed by atoms with Gasteiger partial charge >= 0.3 is 6.03 Å². The highest BCUT2D eigenvalue weighted by Crippen LogP contribution is 2.33. The third-order valence-electron chi connectivity index (χ3n) is 4.78. The van der Waals surface area contributed by atoms with Gasteiger partial charge in [-0.2, -0.15) is 0 Å². The van der Waals surface area contributed by atoms with Crippen LogP contribution in [-0.2, 0) is 0 Å². The molecule has 1 unspecified atom stereocenters. The van der Waals surface area contributed by atoms with Gasteiger partial charge in [0.1, 0.15) is 0 Å². The van der Waals surface area contributed by atoms with Crippen LogP contribution in [0.4, 0.5) is 4.79 Å². The van der Waals surface area contributed by atoms with E-state index in [0.717, 1.165) is 42.4 Å². The summed E-state index contributed by atoms with van der Waals surface area (Å²) in [5.41, 5.74) is 1.96. The number of amides is 2. The Labute approximate surface area is 140 Å². The number of H-pyrrole nitrogens is 1. The number of nitrogens with zero attached hydrogens (tertiary/aromatic N) is 3. The molecule has 6 heteroatoms. The van der Waals surface area contributed by atoms with E-state index in [4.69, 9.17) is 0 Å². The Bertz CT molecular complexity index is 887. The molecular weight excluding hydrogens is 302 g/mol. The molecule has 6 nitrogen and oxygen atoms in total. The number of carbonyl (C=O) groups is 1. The summed E-state index contributed by atoms with van der Waals surface area (Å²) in [6.45, 7) is 4.16. The van der Waals surface area contributed by atoms with Gasteiger partial charge in [0.05, 0.1) is 0 Å². The lowest BCUT2D eigenvalue weighted by Crippen LogP contribution is -2.45.